The Bertz CT molecular complexity index is 1160. The molecule has 1 aliphatic rings. The fraction of sp³-hybridized carbons (Fsp3) is 0.192. The smallest absolute Gasteiger partial charge is 0.133 e. The number of anilines is 3. The molecule has 4 nitrogen and oxygen atoms in total. The minimum absolute atomic E-state index is 0.861. The number of aromatic nitrogens is 1. The van der Waals surface area contributed by atoms with E-state index in [-0.39, 0.29) is 0 Å². The van der Waals surface area contributed by atoms with Crippen molar-refractivity contribution in [1.29, 1.82) is 0 Å². The number of pyridine rings is 1. The summed E-state index contributed by atoms with van der Waals surface area (Å²) in [5.74, 6) is 0.861. The van der Waals surface area contributed by atoms with Gasteiger partial charge in [0.25, 0.3) is 0 Å². The van der Waals surface area contributed by atoms with Gasteiger partial charge in [0.1, 0.15) is 5.82 Å². The molecule has 0 saturated heterocycles. The van der Waals surface area contributed by atoms with Crippen LogP contribution in [-0.2, 0) is 19.6 Å². The molecule has 3 aromatic carbocycles. The van der Waals surface area contributed by atoms with E-state index >= 15 is 0 Å². The molecule has 0 fully saturated rings. The summed E-state index contributed by atoms with van der Waals surface area (Å²) >= 11 is 0. The molecule has 0 saturated carbocycles. The summed E-state index contributed by atoms with van der Waals surface area (Å²) in [4.78, 5) is 9.41. The second kappa shape index (κ2) is 7.81. The SMILES string of the molecule is CN(C)c1cc(Nc2ccc(CN3Cc4ccccc4C3)cc2)nc2ccccc12. The number of rotatable bonds is 5. The fourth-order valence-electron chi connectivity index (χ4n) is 4.21. The van der Waals surface area contributed by atoms with Crippen LogP contribution in [0.25, 0.3) is 10.9 Å². The van der Waals surface area contributed by atoms with Crippen LogP contribution in [0.5, 0.6) is 0 Å². The minimum Gasteiger partial charge on any atom is -0.377 e. The van der Waals surface area contributed by atoms with Gasteiger partial charge in [0.2, 0.25) is 0 Å². The highest BCUT2D eigenvalue weighted by Crippen LogP contribution is 2.29. The molecule has 0 spiro atoms. The average molecular weight is 395 g/mol. The van der Waals surface area contributed by atoms with Gasteiger partial charge in [0.05, 0.1) is 5.52 Å². The van der Waals surface area contributed by atoms with E-state index in [1.54, 1.807) is 0 Å². The van der Waals surface area contributed by atoms with E-state index in [4.69, 9.17) is 4.98 Å². The van der Waals surface area contributed by atoms with Crippen molar-refractivity contribution in [3.63, 3.8) is 0 Å². The lowest BCUT2D eigenvalue weighted by atomic mass is 10.1. The predicted octanol–water partition coefficient (Wildman–Crippen LogP) is 5.56. The molecule has 1 N–H and O–H groups in total. The topological polar surface area (TPSA) is 31.4 Å². The van der Waals surface area contributed by atoms with Crippen LogP contribution in [0.1, 0.15) is 16.7 Å². The summed E-state index contributed by atoms with van der Waals surface area (Å²) in [6, 6.07) is 27.8. The second-order valence-corrected chi connectivity index (χ2v) is 8.17. The second-order valence-electron chi connectivity index (χ2n) is 8.17. The van der Waals surface area contributed by atoms with Crippen LogP contribution in [0.15, 0.2) is 78.9 Å². The molecule has 1 aliphatic heterocycles. The molecule has 2 heterocycles. The van der Waals surface area contributed by atoms with E-state index in [1.807, 2.05) is 6.07 Å². The Hall–Kier alpha value is -3.37. The molecule has 5 rings (SSSR count). The van der Waals surface area contributed by atoms with Gasteiger partial charge in [0, 0.05) is 56.6 Å². The number of nitrogens with one attached hydrogen (secondary N) is 1. The lowest BCUT2D eigenvalue weighted by Crippen LogP contribution is -2.15. The van der Waals surface area contributed by atoms with E-state index in [2.05, 4.69) is 102 Å². The maximum Gasteiger partial charge on any atom is 0.133 e. The number of nitrogens with zero attached hydrogens (tertiary/aromatic N) is 3. The van der Waals surface area contributed by atoms with Gasteiger partial charge in [-0.05, 0) is 34.9 Å². The van der Waals surface area contributed by atoms with Gasteiger partial charge in [-0.2, -0.15) is 0 Å². The molecular weight excluding hydrogens is 368 g/mol. The van der Waals surface area contributed by atoms with E-state index < -0.39 is 0 Å². The van der Waals surface area contributed by atoms with Gasteiger partial charge >= 0.3 is 0 Å². The Morgan fingerprint density at radius 3 is 2.23 bits per heavy atom. The first-order chi connectivity index (χ1) is 14.7. The van der Waals surface area contributed by atoms with Crippen LogP contribution < -0.4 is 10.2 Å². The van der Waals surface area contributed by atoms with E-state index in [9.17, 15) is 0 Å². The van der Waals surface area contributed by atoms with Crippen LogP contribution in [-0.4, -0.2) is 24.0 Å². The number of hydrogen-bond acceptors (Lipinski definition) is 4. The first kappa shape index (κ1) is 18.6. The summed E-state index contributed by atoms with van der Waals surface area (Å²) in [5.41, 5.74) is 7.44. The first-order valence-electron chi connectivity index (χ1n) is 10.4. The molecule has 0 atom stereocenters. The first-order valence-corrected chi connectivity index (χ1v) is 10.4. The molecule has 0 aliphatic carbocycles. The predicted molar refractivity (Wildman–Crippen MR) is 125 cm³/mol. The normalized spacial score (nSPS) is 13.4. The van der Waals surface area contributed by atoms with Crippen LogP contribution in [0.2, 0.25) is 0 Å². The highest BCUT2D eigenvalue weighted by molar-refractivity contribution is 5.93. The third-order valence-electron chi connectivity index (χ3n) is 5.71. The molecule has 0 amide bonds. The molecule has 150 valence electrons. The van der Waals surface area contributed by atoms with Gasteiger partial charge < -0.3 is 10.2 Å². The minimum atomic E-state index is 0.861. The Kier molecular flexibility index (Phi) is 4.85. The number of fused-ring (bicyclic) bond motifs is 2. The van der Waals surface area contributed by atoms with Crippen molar-refractivity contribution >= 4 is 28.1 Å². The largest absolute Gasteiger partial charge is 0.377 e. The molecule has 1 aromatic heterocycles. The average Bonchev–Trinajstić information content (AvgIpc) is 3.17. The van der Waals surface area contributed by atoms with Crippen molar-refractivity contribution in [2.75, 3.05) is 24.3 Å². The lowest BCUT2D eigenvalue weighted by molar-refractivity contribution is 0.275. The number of para-hydroxylation sites is 1. The Morgan fingerprint density at radius 2 is 1.53 bits per heavy atom. The molecule has 0 radical (unpaired) electrons. The van der Waals surface area contributed by atoms with Crippen molar-refractivity contribution < 1.29 is 0 Å². The molecule has 30 heavy (non-hydrogen) atoms. The monoisotopic (exact) mass is 394 g/mol. The summed E-state index contributed by atoms with van der Waals surface area (Å²) in [6.45, 7) is 3.03. The van der Waals surface area contributed by atoms with Gasteiger partial charge in [-0.3, -0.25) is 4.90 Å². The van der Waals surface area contributed by atoms with Gasteiger partial charge in [-0.15, -0.1) is 0 Å². The van der Waals surface area contributed by atoms with Crippen molar-refractivity contribution in [2.45, 2.75) is 19.6 Å². The molecule has 0 unspecified atom stereocenters. The zero-order valence-electron chi connectivity index (χ0n) is 17.5. The van der Waals surface area contributed by atoms with Crippen molar-refractivity contribution in [1.82, 2.24) is 9.88 Å². The fourth-order valence-corrected chi connectivity index (χ4v) is 4.21. The highest BCUT2D eigenvalue weighted by atomic mass is 15.1. The van der Waals surface area contributed by atoms with E-state index in [0.29, 0.717) is 0 Å². The third-order valence-corrected chi connectivity index (χ3v) is 5.71. The van der Waals surface area contributed by atoms with Crippen molar-refractivity contribution in [3.8, 4) is 0 Å². The van der Waals surface area contributed by atoms with Crippen LogP contribution >= 0.6 is 0 Å². The van der Waals surface area contributed by atoms with Crippen LogP contribution in [0.4, 0.5) is 17.2 Å². The van der Waals surface area contributed by atoms with Crippen LogP contribution in [0.3, 0.4) is 0 Å². The maximum absolute atomic E-state index is 4.80. The van der Waals surface area contributed by atoms with Crippen LogP contribution in [0, 0.1) is 0 Å². The third kappa shape index (κ3) is 3.74. The zero-order chi connectivity index (χ0) is 20.5. The molecule has 4 aromatic rings. The summed E-state index contributed by atoms with van der Waals surface area (Å²) < 4.78 is 0. The van der Waals surface area contributed by atoms with Gasteiger partial charge in [-0.1, -0.05) is 54.6 Å². The van der Waals surface area contributed by atoms with Crippen molar-refractivity contribution in [2.24, 2.45) is 0 Å². The Labute approximate surface area is 177 Å². The quantitative estimate of drug-likeness (QED) is 0.480. The summed E-state index contributed by atoms with van der Waals surface area (Å²) in [6.07, 6.45) is 0. The maximum atomic E-state index is 4.80. The van der Waals surface area contributed by atoms with Gasteiger partial charge in [-0.25, -0.2) is 4.98 Å². The number of hydrogen-bond donors (Lipinski definition) is 1. The lowest BCUT2D eigenvalue weighted by Gasteiger charge is -2.18. The van der Waals surface area contributed by atoms with Gasteiger partial charge in [0.15, 0.2) is 0 Å². The van der Waals surface area contributed by atoms with Crippen molar-refractivity contribution in [3.05, 3.63) is 95.6 Å². The Morgan fingerprint density at radius 1 is 0.867 bits per heavy atom. The molecule has 0 bridgehead atoms. The van der Waals surface area contributed by atoms with E-state index in [0.717, 1.165) is 47.7 Å². The molecule has 4 heteroatoms. The zero-order valence-corrected chi connectivity index (χ0v) is 17.5. The standard InChI is InChI=1S/C26H26N4/c1-29(2)25-15-26(28-24-10-6-5-9-23(24)25)27-22-13-11-19(12-14-22)16-30-17-20-7-3-4-8-21(20)18-30/h3-15H,16-18H2,1-2H3,(H,27,28). The Balaban J connectivity index is 1.31. The molecular formula is C26H26N4. The van der Waals surface area contributed by atoms with E-state index in [1.165, 1.54) is 16.7 Å². The number of benzene rings is 3. The summed E-state index contributed by atoms with van der Waals surface area (Å²) in [7, 11) is 4.13. The highest BCUT2D eigenvalue weighted by Gasteiger charge is 2.18. The summed E-state index contributed by atoms with van der Waals surface area (Å²) in [5, 5.41) is 4.64.